The quantitative estimate of drug-likeness (QED) is 0.762. The van der Waals surface area contributed by atoms with Crippen molar-refractivity contribution in [2.24, 2.45) is 12.8 Å². The molecule has 0 saturated heterocycles. The van der Waals surface area contributed by atoms with Crippen LogP contribution in [-0.2, 0) is 23.0 Å². The van der Waals surface area contributed by atoms with Gasteiger partial charge in [-0.1, -0.05) is 6.07 Å². The molecule has 1 atom stereocenters. The van der Waals surface area contributed by atoms with E-state index in [2.05, 4.69) is 9.72 Å². The van der Waals surface area contributed by atoms with Gasteiger partial charge in [-0.25, -0.2) is 14.3 Å². The van der Waals surface area contributed by atoms with Crippen molar-refractivity contribution in [1.82, 2.24) is 14.1 Å². The molecular formula is C16H20N4O4. The third-order valence-electron chi connectivity index (χ3n) is 4.05. The monoisotopic (exact) mass is 332 g/mol. The number of esters is 1. The van der Waals surface area contributed by atoms with Crippen LogP contribution in [0.1, 0.15) is 16.8 Å². The van der Waals surface area contributed by atoms with E-state index in [9.17, 15) is 14.4 Å². The van der Waals surface area contributed by atoms with Crippen LogP contribution in [0.15, 0.2) is 27.9 Å². The van der Waals surface area contributed by atoms with Crippen LogP contribution in [0, 0.1) is 13.8 Å². The summed E-state index contributed by atoms with van der Waals surface area (Å²) in [5.41, 5.74) is 6.63. The van der Waals surface area contributed by atoms with E-state index in [1.54, 1.807) is 33.0 Å². The van der Waals surface area contributed by atoms with E-state index in [1.807, 2.05) is 0 Å². The van der Waals surface area contributed by atoms with Gasteiger partial charge in [0.25, 0.3) is 5.56 Å². The van der Waals surface area contributed by atoms with Crippen molar-refractivity contribution < 1.29 is 9.53 Å². The molecule has 2 heterocycles. The van der Waals surface area contributed by atoms with Gasteiger partial charge < -0.3 is 15.0 Å². The summed E-state index contributed by atoms with van der Waals surface area (Å²) in [4.78, 5) is 40.2. The Morgan fingerprint density at radius 2 is 2.00 bits per heavy atom. The first-order valence-corrected chi connectivity index (χ1v) is 7.35. The second-order valence-corrected chi connectivity index (χ2v) is 5.55. The second-order valence-electron chi connectivity index (χ2n) is 5.55. The Morgan fingerprint density at radius 3 is 2.54 bits per heavy atom. The number of methoxy groups -OCH3 is 1. The first-order valence-electron chi connectivity index (χ1n) is 7.35. The normalized spacial score (nSPS) is 12.0. The predicted molar refractivity (Wildman–Crippen MR) is 88.2 cm³/mol. The zero-order chi connectivity index (χ0) is 18.0. The highest BCUT2D eigenvalue weighted by molar-refractivity contribution is 5.75. The highest BCUT2D eigenvalue weighted by atomic mass is 16.5. The minimum Gasteiger partial charge on any atom is -0.468 e. The summed E-state index contributed by atoms with van der Waals surface area (Å²) in [6, 6.07) is 2.43. The maximum atomic E-state index is 12.4. The molecule has 0 radical (unpaired) electrons. The summed E-state index contributed by atoms with van der Waals surface area (Å²) in [7, 11) is 2.87. The Labute approximate surface area is 138 Å². The molecule has 0 bridgehead atoms. The fraction of sp³-hybridized carbons (Fsp3) is 0.375. The van der Waals surface area contributed by atoms with Crippen molar-refractivity contribution in [2.45, 2.75) is 26.3 Å². The molecular weight excluding hydrogens is 312 g/mol. The third-order valence-corrected chi connectivity index (χ3v) is 4.05. The molecule has 0 aromatic carbocycles. The van der Waals surface area contributed by atoms with Crippen molar-refractivity contribution in [3.63, 3.8) is 0 Å². The van der Waals surface area contributed by atoms with Gasteiger partial charge in [0.2, 0.25) is 0 Å². The number of nitrogens with two attached hydrogens (primary N) is 1. The van der Waals surface area contributed by atoms with Crippen molar-refractivity contribution >= 4 is 5.97 Å². The average molecular weight is 332 g/mol. The molecule has 0 spiro atoms. The molecule has 8 heteroatoms. The van der Waals surface area contributed by atoms with Crippen molar-refractivity contribution in [3.8, 4) is 5.82 Å². The summed E-state index contributed by atoms with van der Waals surface area (Å²) in [6.07, 6.45) is 1.74. The van der Waals surface area contributed by atoms with Crippen LogP contribution in [-0.4, -0.2) is 33.2 Å². The second kappa shape index (κ2) is 6.79. The Balaban J connectivity index is 2.41. The van der Waals surface area contributed by atoms with E-state index in [-0.39, 0.29) is 12.2 Å². The van der Waals surface area contributed by atoms with Crippen LogP contribution in [0.2, 0.25) is 0 Å². The number of carbonyl (C=O) groups excluding carboxylic acids is 1. The van der Waals surface area contributed by atoms with Crippen LogP contribution in [0.25, 0.3) is 5.82 Å². The van der Waals surface area contributed by atoms with E-state index in [4.69, 9.17) is 5.73 Å². The Kier molecular flexibility index (Phi) is 4.99. The average Bonchev–Trinajstić information content (AvgIpc) is 2.59. The summed E-state index contributed by atoms with van der Waals surface area (Å²) < 4.78 is 6.99. The Bertz CT molecular complexity index is 843. The van der Waals surface area contributed by atoms with E-state index >= 15 is 0 Å². The molecule has 2 aromatic heterocycles. The molecule has 0 fully saturated rings. The van der Waals surface area contributed by atoms with Gasteiger partial charge >= 0.3 is 11.7 Å². The summed E-state index contributed by atoms with van der Waals surface area (Å²) in [5.74, 6) is -0.294. The highest BCUT2D eigenvalue weighted by Gasteiger charge is 2.16. The van der Waals surface area contributed by atoms with Crippen molar-refractivity contribution in [2.75, 3.05) is 7.11 Å². The van der Waals surface area contributed by atoms with Crippen LogP contribution < -0.4 is 17.0 Å². The lowest BCUT2D eigenvalue weighted by molar-refractivity contribution is -0.142. The van der Waals surface area contributed by atoms with Gasteiger partial charge in [-0.05, 0) is 31.9 Å². The fourth-order valence-corrected chi connectivity index (χ4v) is 2.31. The van der Waals surface area contributed by atoms with Gasteiger partial charge in [-0.3, -0.25) is 9.59 Å². The van der Waals surface area contributed by atoms with E-state index < -0.39 is 23.3 Å². The zero-order valence-corrected chi connectivity index (χ0v) is 14.1. The van der Waals surface area contributed by atoms with Crippen molar-refractivity contribution in [1.29, 1.82) is 0 Å². The topological polar surface area (TPSA) is 109 Å². The minimum atomic E-state index is -0.792. The smallest absolute Gasteiger partial charge is 0.336 e. The summed E-state index contributed by atoms with van der Waals surface area (Å²) >= 11 is 0. The molecule has 0 amide bonds. The Morgan fingerprint density at radius 1 is 1.33 bits per heavy atom. The zero-order valence-electron chi connectivity index (χ0n) is 14.1. The molecule has 8 nitrogen and oxygen atoms in total. The molecule has 2 rings (SSSR count). The summed E-state index contributed by atoms with van der Waals surface area (Å²) in [5, 5.41) is 0. The lowest BCUT2D eigenvalue weighted by Crippen LogP contribution is -2.40. The lowest BCUT2D eigenvalue weighted by Gasteiger charge is -2.12. The third kappa shape index (κ3) is 3.13. The number of rotatable bonds is 4. The van der Waals surface area contributed by atoms with Crippen LogP contribution in [0.4, 0.5) is 0 Å². The van der Waals surface area contributed by atoms with Gasteiger partial charge in [0.1, 0.15) is 11.9 Å². The van der Waals surface area contributed by atoms with Gasteiger partial charge in [-0.2, -0.15) is 0 Å². The van der Waals surface area contributed by atoms with Gasteiger partial charge in [0.05, 0.1) is 7.11 Å². The maximum Gasteiger partial charge on any atom is 0.336 e. The first-order chi connectivity index (χ1) is 11.3. The lowest BCUT2D eigenvalue weighted by atomic mass is 10.1. The molecule has 0 aliphatic carbocycles. The van der Waals surface area contributed by atoms with Crippen LogP contribution in [0.3, 0.4) is 0 Å². The number of ether oxygens (including phenoxy) is 1. The number of aromatic nitrogens is 3. The van der Waals surface area contributed by atoms with Gasteiger partial charge in [0, 0.05) is 24.5 Å². The minimum absolute atomic E-state index is 0.221. The maximum absolute atomic E-state index is 12.4. The van der Waals surface area contributed by atoms with E-state index in [0.717, 1.165) is 4.57 Å². The van der Waals surface area contributed by atoms with Crippen molar-refractivity contribution in [3.05, 3.63) is 56.0 Å². The molecule has 0 aliphatic rings. The largest absolute Gasteiger partial charge is 0.468 e. The SMILES string of the molecule is COC(=O)[C@@H](N)Cc1ccc(-n2c(=O)c(C)c(C)n(C)c2=O)nc1. The molecule has 0 unspecified atom stereocenters. The Hall–Kier alpha value is -2.74. The number of hydrogen-bond donors (Lipinski definition) is 1. The molecule has 0 aliphatic heterocycles. The highest BCUT2D eigenvalue weighted by Crippen LogP contribution is 2.06. The predicted octanol–water partition coefficient (Wildman–Crippen LogP) is -0.409. The fourth-order valence-electron chi connectivity index (χ4n) is 2.31. The standard InChI is InChI=1S/C16H20N4O4/c1-9-10(2)19(3)16(23)20(14(9)21)13-6-5-11(8-18-13)7-12(17)15(22)24-4/h5-6,8,12H,7,17H2,1-4H3/t12-/m0/s1. The van der Waals surface area contributed by atoms with Gasteiger partial charge in [0.15, 0.2) is 0 Å². The number of hydrogen-bond acceptors (Lipinski definition) is 6. The molecule has 2 N–H and O–H groups in total. The van der Waals surface area contributed by atoms with Crippen LogP contribution in [0.5, 0.6) is 0 Å². The van der Waals surface area contributed by atoms with E-state index in [0.29, 0.717) is 16.8 Å². The molecule has 24 heavy (non-hydrogen) atoms. The van der Waals surface area contributed by atoms with Gasteiger partial charge in [-0.15, -0.1) is 0 Å². The summed E-state index contributed by atoms with van der Waals surface area (Å²) in [6.45, 7) is 3.38. The number of nitrogens with zero attached hydrogens (tertiary/aromatic N) is 3. The van der Waals surface area contributed by atoms with E-state index in [1.165, 1.54) is 17.9 Å². The number of pyridine rings is 1. The molecule has 0 saturated carbocycles. The molecule has 128 valence electrons. The first kappa shape index (κ1) is 17.6. The van der Waals surface area contributed by atoms with Crippen LogP contribution >= 0.6 is 0 Å². The number of carbonyl (C=O) groups is 1. The molecule has 2 aromatic rings.